The highest BCUT2D eigenvalue weighted by Crippen LogP contribution is 2.30. The van der Waals surface area contributed by atoms with Crippen LogP contribution in [0, 0.1) is 11.3 Å². The highest BCUT2D eigenvalue weighted by Gasteiger charge is 2.24. The molecule has 29 heavy (non-hydrogen) atoms. The number of hydrogen-bond donors (Lipinski definition) is 0. The summed E-state index contributed by atoms with van der Waals surface area (Å²) in [7, 11) is 1.62. The number of nitriles is 1. The summed E-state index contributed by atoms with van der Waals surface area (Å²) < 4.78 is 11.3. The number of nitrogens with zero attached hydrogens (tertiary/aromatic N) is 5. The smallest absolute Gasteiger partial charge is 0.235 e. The predicted octanol–water partition coefficient (Wildman–Crippen LogP) is 2.98. The number of ether oxygens (including phenoxy) is 1. The Morgan fingerprint density at radius 1 is 1.14 bits per heavy atom. The van der Waals surface area contributed by atoms with Gasteiger partial charge < -0.3 is 14.1 Å². The van der Waals surface area contributed by atoms with Crippen molar-refractivity contribution in [3.8, 4) is 23.3 Å². The average Bonchev–Trinajstić information content (AvgIpc) is 3.23. The maximum absolute atomic E-state index is 9.53. The third-order valence-corrected chi connectivity index (χ3v) is 5.10. The number of hydrogen-bond acceptors (Lipinski definition) is 7. The fourth-order valence-corrected chi connectivity index (χ4v) is 3.47. The molecule has 1 aliphatic rings. The fraction of sp³-hybridized carbons (Fsp3) is 0.318. The van der Waals surface area contributed by atoms with Crippen LogP contribution in [-0.4, -0.2) is 54.7 Å². The first-order chi connectivity index (χ1) is 14.3. The summed E-state index contributed by atoms with van der Waals surface area (Å²) in [6.45, 7) is 4.38. The van der Waals surface area contributed by atoms with Crippen molar-refractivity contribution in [1.82, 2.24) is 14.9 Å². The van der Waals surface area contributed by atoms with Gasteiger partial charge in [-0.2, -0.15) is 10.2 Å². The van der Waals surface area contributed by atoms with Gasteiger partial charge in [0.15, 0.2) is 0 Å². The van der Waals surface area contributed by atoms with Crippen LogP contribution < -0.4 is 9.64 Å². The summed E-state index contributed by atoms with van der Waals surface area (Å²) in [5.74, 6) is 1.71. The molecule has 7 nitrogen and oxygen atoms in total. The van der Waals surface area contributed by atoms with Crippen LogP contribution in [0.2, 0.25) is 0 Å². The molecule has 0 atom stereocenters. The zero-order chi connectivity index (χ0) is 20.1. The Kier molecular flexibility index (Phi) is 5.73. The maximum atomic E-state index is 9.53. The molecule has 1 aromatic carbocycles. The van der Waals surface area contributed by atoms with Crippen LogP contribution >= 0.6 is 0 Å². The zero-order valence-corrected chi connectivity index (χ0v) is 16.4. The van der Waals surface area contributed by atoms with E-state index >= 15 is 0 Å². The molecule has 0 bridgehead atoms. The molecule has 1 saturated heterocycles. The normalized spacial score (nSPS) is 14.6. The average molecular weight is 389 g/mol. The summed E-state index contributed by atoms with van der Waals surface area (Å²) >= 11 is 0. The molecule has 0 aliphatic carbocycles. The van der Waals surface area contributed by atoms with Gasteiger partial charge in [0.1, 0.15) is 11.8 Å². The molecule has 3 heterocycles. The number of benzene rings is 1. The quantitative estimate of drug-likeness (QED) is 0.641. The number of anilines is 1. The van der Waals surface area contributed by atoms with Gasteiger partial charge in [0.25, 0.3) is 0 Å². The molecule has 2 aromatic heterocycles. The topological polar surface area (TPSA) is 78.4 Å². The number of piperazine rings is 1. The third-order valence-electron chi connectivity index (χ3n) is 5.10. The Labute approximate surface area is 170 Å². The van der Waals surface area contributed by atoms with Gasteiger partial charge in [-0.3, -0.25) is 9.88 Å². The van der Waals surface area contributed by atoms with E-state index in [1.807, 2.05) is 42.6 Å². The molecular formula is C22H23N5O2. The summed E-state index contributed by atoms with van der Waals surface area (Å²) in [6, 6.07) is 15.7. The van der Waals surface area contributed by atoms with E-state index in [-0.39, 0.29) is 0 Å². The minimum Gasteiger partial charge on any atom is -0.497 e. The van der Waals surface area contributed by atoms with E-state index in [1.165, 1.54) is 0 Å². The second-order valence-corrected chi connectivity index (χ2v) is 6.92. The molecule has 0 amide bonds. The molecule has 0 radical (unpaired) electrons. The van der Waals surface area contributed by atoms with Gasteiger partial charge in [-0.1, -0.05) is 12.1 Å². The second kappa shape index (κ2) is 8.76. The number of oxazole rings is 1. The SMILES string of the molecule is COc1cccc(-c2nc(C#N)c(N3CCN(CCc4ccccn4)CC3)o2)c1. The first-order valence-corrected chi connectivity index (χ1v) is 9.69. The van der Waals surface area contributed by atoms with Gasteiger partial charge >= 0.3 is 0 Å². The Morgan fingerprint density at radius 3 is 2.72 bits per heavy atom. The van der Waals surface area contributed by atoms with E-state index in [0.717, 1.165) is 56.2 Å². The van der Waals surface area contributed by atoms with Crippen LogP contribution in [0.5, 0.6) is 5.75 Å². The lowest BCUT2D eigenvalue weighted by Gasteiger charge is -2.34. The predicted molar refractivity (Wildman–Crippen MR) is 110 cm³/mol. The number of methoxy groups -OCH3 is 1. The summed E-state index contributed by atoms with van der Waals surface area (Å²) in [5.41, 5.74) is 2.23. The van der Waals surface area contributed by atoms with Gasteiger partial charge in [-0.25, -0.2) is 0 Å². The first-order valence-electron chi connectivity index (χ1n) is 9.69. The van der Waals surface area contributed by atoms with E-state index in [4.69, 9.17) is 9.15 Å². The lowest BCUT2D eigenvalue weighted by molar-refractivity contribution is 0.256. The highest BCUT2D eigenvalue weighted by molar-refractivity contribution is 5.61. The minimum atomic E-state index is 0.324. The Morgan fingerprint density at radius 2 is 2.00 bits per heavy atom. The van der Waals surface area contributed by atoms with E-state index in [2.05, 4.69) is 31.9 Å². The van der Waals surface area contributed by atoms with Crippen molar-refractivity contribution in [2.24, 2.45) is 0 Å². The lowest BCUT2D eigenvalue weighted by atomic mass is 10.2. The molecule has 4 rings (SSSR count). The van der Waals surface area contributed by atoms with Crippen molar-refractivity contribution < 1.29 is 9.15 Å². The van der Waals surface area contributed by atoms with E-state index < -0.39 is 0 Å². The zero-order valence-electron chi connectivity index (χ0n) is 16.4. The third kappa shape index (κ3) is 4.39. The molecule has 0 N–H and O–H groups in total. The number of rotatable bonds is 6. The molecule has 0 spiro atoms. The van der Waals surface area contributed by atoms with Crippen LogP contribution in [0.1, 0.15) is 11.4 Å². The van der Waals surface area contributed by atoms with Gasteiger partial charge in [0.05, 0.1) is 7.11 Å². The molecule has 0 saturated carbocycles. The highest BCUT2D eigenvalue weighted by atomic mass is 16.5. The monoisotopic (exact) mass is 389 g/mol. The lowest BCUT2D eigenvalue weighted by Crippen LogP contribution is -2.47. The van der Waals surface area contributed by atoms with Gasteiger partial charge in [0, 0.05) is 56.6 Å². The molecule has 1 aliphatic heterocycles. The largest absolute Gasteiger partial charge is 0.497 e. The van der Waals surface area contributed by atoms with E-state index in [9.17, 15) is 5.26 Å². The molecule has 1 fully saturated rings. The molecule has 148 valence electrons. The number of pyridine rings is 1. The van der Waals surface area contributed by atoms with E-state index in [0.29, 0.717) is 17.5 Å². The molecule has 3 aromatic rings. The van der Waals surface area contributed by atoms with Crippen molar-refractivity contribution in [3.05, 3.63) is 60.0 Å². The van der Waals surface area contributed by atoms with Gasteiger partial charge in [0.2, 0.25) is 17.5 Å². The maximum Gasteiger partial charge on any atom is 0.235 e. The Hall–Kier alpha value is -3.37. The Balaban J connectivity index is 1.41. The molecule has 7 heteroatoms. The molecule has 0 unspecified atom stereocenters. The minimum absolute atomic E-state index is 0.324. The fourth-order valence-electron chi connectivity index (χ4n) is 3.47. The standard InChI is InChI=1S/C22H23N5O2/c1-28-19-7-4-5-17(15-19)21-25-20(16-23)22(29-21)27-13-11-26(12-14-27)10-8-18-6-2-3-9-24-18/h2-7,9,15H,8,10-14H2,1H3. The van der Waals surface area contributed by atoms with Crippen molar-refractivity contribution in [3.63, 3.8) is 0 Å². The second-order valence-electron chi connectivity index (χ2n) is 6.92. The van der Waals surface area contributed by atoms with Crippen LogP contribution in [0.4, 0.5) is 5.88 Å². The first kappa shape index (κ1) is 19.0. The van der Waals surface area contributed by atoms with Crippen molar-refractivity contribution in [1.29, 1.82) is 5.26 Å². The summed E-state index contributed by atoms with van der Waals surface area (Å²) in [5, 5.41) is 9.53. The van der Waals surface area contributed by atoms with Crippen LogP contribution in [0.25, 0.3) is 11.5 Å². The van der Waals surface area contributed by atoms with Crippen LogP contribution in [0.3, 0.4) is 0 Å². The van der Waals surface area contributed by atoms with Crippen LogP contribution in [-0.2, 0) is 6.42 Å². The van der Waals surface area contributed by atoms with Crippen molar-refractivity contribution >= 4 is 5.88 Å². The van der Waals surface area contributed by atoms with Gasteiger partial charge in [-0.15, -0.1) is 0 Å². The van der Waals surface area contributed by atoms with Crippen LogP contribution in [0.15, 0.2) is 53.1 Å². The van der Waals surface area contributed by atoms with Gasteiger partial charge in [-0.05, 0) is 30.3 Å². The Bertz CT molecular complexity index is 988. The van der Waals surface area contributed by atoms with E-state index in [1.54, 1.807) is 7.11 Å². The summed E-state index contributed by atoms with van der Waals surface area (Å²) in [6.07, 6.45) is 2.77. The molecular weight excluding hydrogens is 366 g/mol. The summed E-state index contributed by atoms with van der Waals surface area (Å²) in [4.78, 5) is 13.3. The van der Waals surface area contributed by atoms with Crippen molar-refractivity contribution in [2.45, 2.75) is 6.42 Å². The van der Waals surface area contributed by atoms with Crippen molar-refractivity contribution in [2.75, 3.05) is 44.7 Å². The number of aromatic nitrogens is 2.